The number of hydrogen-bond acceptors (Lipinski definition) is 8. The number of nitrogens with zero attached hydrogens (tertiary/aromatic N) is 2. The molecule has 35 heavy (non-hydrogen) atoms. The summed E-state index contributed by atoms with van der Waals surface area (Å²) in [7, 11) is 0. The number of carbonyl (C=O) groups is 2. The molecule has 0 bridgehead atoms. The molecule has 3 N–H and O–H groups in total. The van der Waals surface area contributed by atoms with E-state index >= 15 is 0 Å². The number of carboxylic acid groups (broad SMARTS) is 1. The van der Waals surface area contributed by atoms with E-state index in [2.05, 4.69) is 15.3 Å². The molecule has 0 spiro atoms. The average molecular weight is 509 g/mol. The number of halogens is 3. The number of aromatic hydroxyl groups is 1. The molecule has 0 saturated heterocycles. The summed E-state index contributed by atoms with van der Waals surface area (Å²) in [5.41, 5.74) is 1.41. The Morgan fingerprint density at radius 3 is 2.37 bits per heavy atom. The second kappa shape index (κ2) is 9.80. The molecule has 0 atom stereocenters. The van der Waals surface area contributed by atoms with Crippen molar-refractivity contribution in [1.29, 1.82) is 0 Å². The number of carbonyl (C=O) groups excluding carboxylic acids is 1. The van der Waals surface area contributed by atoms with Crippen LogP contribution < -0.4 is 10.2 Å². The molecule has 2 aromatic carbocycles. The van der Waals surface area contributed by atoms with Gasteiger partial charge in [0.25, 0.3) is 11.6 Å². The lowest BCUT2D eigenvalue weighted by atomic mass is 10.1. The Balaban J connectivity index is 1.78. The Morgan fingerprint density at radius 2 is 1.80 bits per heavy atom. The third-order valence-electron chi connectivity index (χ3n) is 4.52. The van der Waals surface area contributed by atoms with Gasteiger partial charge >= 0.3 is 12.3 Å². The minimum absolute atomic E-state index is 0.159. The van der Waals surface area contributed by atoms with E-state index in [4.69, 9.17) is 5.11 Å². The zero-order valence-electron chi connectivity index (χ0n) is 17.5. The molecular weight excluding hydrogens is 495 g/mol. The van der Waals surface area contributed by atoms with Gasteiger partial charge in [0, 0.05) is 17.0 Å². The lowest BCUT2D eigenvalue weighted by Gasteiger charge is -2.09. The van der Waals surface area contributed by atoms with Gasteiger partial charge in [0.15, 0.2) is 0 Å². The summed E-state index contributed by atoms with van der Waals surface area (Å²) in [6.45, 7) is 1.46. The fraction of sp³-hybridized carbons (Fsp3) is 0.0952. The third-order valence-corrected chi connectivity index (χ3v) is 5.54. The van der Waals surface area contributed by atoms with Gasteiger partial charge in [-0.05, 0) is 48.9 Å². The van der Waals surface area contributed by atoms with Crippen LogP contribution in [0, 0.1) is 10.1 Å². The summed E-state index contributed by atoms with van der Waals surface area (Å²) in [4.78, 5) is 33.9. The number of rotatable bonds is 7. The number of alkyl halides is 3. The van der Waals surface area contributed by atoms with Gasteiger partial charge < -0.3 is 14.9 Å². The zero-order chi connectivity index (χ0) is 25.9. The maximum atomic E-state index is 12.3. The molecule has 3 rings (SSSR count). The molecule has 1 aromatic heterocycles. The number of aromatic carboxylic acids is 1. The first-order valence-corrected chi connectivity index (χ1v) is 10.3. The summed E-state index contributed by atoms with van der Waals surface area (Å²) in [5, 5.41) is 36.0. The fourth-order valence-electron chi connectivity index (χ4n) is 2.89. The topological polar surface area (TPSA) is 151 Å². The highest BCUT2D eigenvalue weighted by Gasteiger charge is 2.31. The van der Waals surface area contributed by atoms with Crippen LogP contribution in [0.15, 0.2) is 52.9 Å². The van der Waals surface area contributed by atoms with Crippen LogP contribution in [-0.4, -0.2) is 39.1 Å². The SMILES string of the molecule is CC(=NNC(=O)c1ccc(C(=O)O)c([N+](=O)[O-])c1)c1csc(-c2ccc(OC(F)(F)F)cc2)c1O. The number of benzene rings is 2. The maximum Gasteiger partial charge on any atom is 0.573 e. The number of nitro benzene ring substituents is 1. The van der Waals surface area contributed by atoms with E-state index in [1.54, 1.807) is 0 Å². The molecular formula is C21H14F3N3O7S. The Hall–Kier alpha value is -4.46. The van der Waals surface area contributed by atoms with Crippen molar-refractivity contribution in [3.05, 3.63) is 74.6 Å². The van der Waals surface area contributed by atoms with Crippen LogP contribution in [0.2, 0.25) is 0 Å². The Morgan fingerprint density at radius 1 is 1.14 bits per heavy atom. The number of nitrogens with one attached hydrogen (secondary N) is 1. The first kappa shape index (κ1) is 25.2. The van der Waals surface area contributed by atoms with Crippen molar-refractivity contribution in [3.8, 4) is 21.9 Å². The van der Waals surface area contributed by atoms with Crippen LogP contribution in [0.1, 0.15) is 33.2 Å². The maximum absolute atomic E-state index is 12.3. The van der Waals surface area contributed by atoms with Gasteiger partial charge in [0.2, 0.25) is 0 Å². The van der Waals surface area contributed by atoms with E-state index in [1.165, 1.54) is 24.4 Å². The predicted molar refractivity (Wildman–Crippen MR) is 118 cm³/mol. The minimum atomic E-state index is -4.83. The van der Waals surface area contributed by atoms with Crippen molar-refractivity contribution in [3.63, 3.8) is 0 Å². The molecule has 182 valence electrons. The monoisotopic (exact) mass is 509 g/mol. The Bertz CT molecular complexity index is 1330. The van der Waals surface area contributed by atoms with Gasteiger partial charge in [-0.25, -0.2) is 10.2 Å². The van der Waals surface area contributed by atoms with Crippen molar-refractivity contribution in [1.82, 2.24) is 5.43 Å². The highest BCUT2D eigenvalue weighted by Crippen LogP contribution is 2.39. The standard InChI is InChI=1S/C21H14F3N3O7S/c1-10(25-26-19(29)12-4-7-14(20(30)31)16(8-12)27(32)33)15-9-35-18(17(15)28)11-2-5-13(6-3-11)34-21(22,23)24/h2-9,28H,1H3,(H,26,29)(H,30,31). The largest absolute Gasteiger partial charge is 0.573 e. The molecule has 3 aromatic rings. The third kappa shape index (κ3) is 5.92. The van der Waals surface area contributed by atoms with E-state index in [-0.39, 0.29) is 22.6 Å². The van der Waals surface area contributed by atoms with Gasteiger partial charge in [-0.2, -0.15) is 5.10 Å². The number of amides is 1. The highest BCUT2D eigenvalue weighted by atomic mass is 32.1. The van der Waals surface area contributed by atoms with Crippen LogP contribution in [0.3, 0.4) is 0 Å². The Labute approximate surface area is 198 Å². The van der Waals surface area contributed by atoms with Gasteiger partial charge in [-0.3, -0.25) is 14.9 Å². The molecule has 0 unspecified atom stereocenters. The number of thiophene rings is 1. The zero-order valence-corrected chi connectivity index (χ0v) is 18.3. The highest BCUT2D eigenvalue weighted by molar-refractivity contribution is 7.14. The van der Waals surface area contributed by atoms with E-state index < -0.39 is 40.2 Å². The van der Waals surface area contributed by atoms with Crippen LogP contribution in [0.25, 0.3) is 10.4 Å². The van der Waals surface area contributed by atoms with Crippen molar-refractivity contribution < 1.29 is 42.6 Å². The second-order valence-electron chi connectivity index (χ2n) is 6.83. The van der Waals surface area contributed by atoms with E-state index in [9.17, 15) is 38.0 Å². The van der Waals surface area contributed by atoms with Crippen molar-refractivity contribution in [2.75, 3.05) is 0 Å². The van der Waals surface area contributed by atoms with Crippen molar-refractivity contribution in [2.45, 2.75) is 13.3 Å². The molecule has 0 aliphatic heterocycles. The molecule has 14 heteroatoms. The van der Waals surface area contributed by atoms with Gasteiger partial charge in [0.05, 0.1) is 21.1 Å². The lowest BCUT2D eigenvalue weighted by Crippen LogP contribution is -2.19. The number of nitro groups is 1. The molecule has 0 fully saturated rings. The fourth-order valence-corrected chi connectivity index (χ4v) is 3.90. The summed E-state index contributed by atoms with van der Waals surface area (Å²) in [5.74, 6) is -3.03. The number of hydrogen-bond donors (Lipinski definition) is 3. The first-order valence-electron chi connectivity index (χ1n) is 9.40. The van der Waals surface area contributed by atoms with Gasteiger partial charge in [-0.1, -0.05) is 0 Å². The molecule has 1 amide bonds. The normalized spacial score (nSPS) is 11.7. The summed E-state index contributed by atoms with van der Waals surface area (Å²) < 4.78 is 40.7. The summed E-state index contributed by atoms with van der Waals surface area (Å²) >= 11 is 1.08. The van der Waals surface area contributed by atoms with Gasteiger partial charge in [-0.15, -0.1) is 24.5 Å². The number of carboxylic acids is 1. The van der Waals surface area contributed by atoms with E-state index in [0.29, 0.717) is 10.4 Å². The molecule has 0 saturated carbocycles. The first-order chi connectivity index (χ1) is 16.4. The molecule has 0 aliphatic rings. The van der Waals surface area contributed by atoms with E-state index in [0.717, 1.165) is 41.7 Å². The summed E-state index contributed by atoms with van der Waals surface area (Å²) in [6.07, 6.45) is -4.83. The lowest BCUT2D eigenvalue weighted by molar-refractivity contribution is -0.385. The average Bonchev–Trinajstić information content (AvgIpc) is 3.17. The molecule has 0 aliphatic carbocycles. The Kier molecular flexibility index (Phi) is 7.05. The minimum Gasteiger partial charge on any atom is -0.506 e. The second-order valence-corrected chi connectivity index (χ2v) is 7.71. The summed E-state index contributed by atoms with van der Waals surface area (Å²) in [6, 6.07) is 7.67. The van der Waals surface area contributed by atoms with Crippen LogP contribution in [-0.2, 0) is 0 Å². The van der Waals surface area contributed by atoms with Crippen LogP contribution in [0.4, 0.5) is 18.9 Å². The van der Waals surface area contributed by atoms with Crippen LogP contribution >= 0.6 is 11.3 Å². The molecule has 1 heterocycles. The molecule has 10 nitrogen and oxygen atoms in total. The number of ether oxygens (including phenoxy) is 1. The van der Waals surface area contributed by atoms with Crippen LogP contribution in [0.5, 0.6) is 11.5 Å². The van der Waals surface area contributed by atoms with Gasteiger partial charge in [0.1, 0.15) is 17.1 Å². The quantitative estimate of drug-likeness (QED) is 0.235. The smallest absolute Gasteiger partial charge is 0.506 e. The molecule has 0 radical (unpaired) electrons. The van der Waals surface area contributed by atoms with Crippen molar-refractivity contribution >= 4 is 34.6 Å². The van der Waals surface area contributed by atoms with E-state index in [1.807, 2.05) is 0 Å². The number of hydrazone groups is 1. The predicted octanol–water partition coefficient (Wildman–Crippen LogP) is 4.78. The van der Waals surface area contributed by atoms with Crippen molar-refractivity contribution in [2.24, 2.45) is 5.10 Å².